The molecule has 0 saturated heterocycles. The fraction of sp³-hybridized carbons (Fsp3) is 0.517. The van der Waals surface area contributed by atoms with Crippen molar-refractivity contribution in [2.24, 2.45) is 22.7 Å². The molecule has 1 aromatic rings. The normalized spacial score (nSPS) is 31.3. The van der Waals surface area contributed by atoms with Gasteiger partial charge in [-0.15, -0.1) is 0 Å². The fourth-order valence-corrected chi connectivity index (χ4v) is 6.53. The van der Waals surface area contributed by atoms with Crippen LogP contribution in [0.1, 0.15) is 65.4 Å². The Morgan fingerprint density at radius 3 is 2.65 bits per heavy atom. The topological polar surface area (TPSA) is 75.6 Å². The molecule has 34 heavy (non-hydrogen) atoms. The monoisotopic (exact) mass is 463 g/mol. The standard InChI is InChI=1S/C29H37NO4/c1-18-7-6-8-27-28(18,3)12-11-19(2)29(27,4)16-21-14-25(33)22(15-24(21)32)30-17-20-9-10-23(31)26(13-20)34-5/h7,9-10,13-15,19,27,30-31H,6,8,11-12,16-17H2,1-5H3/t19-,27+,28+,29+/m0/s1. The number of ketones is 2. The van der Waals surface area contributed by atoms with E-state index in [1.54, 1.807) is 24.3 Å². The Morgan fingerprint density at radius 2 is 1.91 bits per heavy atom. The Labute approximate surface area is 203 Å². The molecule has 4 rings (SSSR count). The summed E-state index contributed by atoms with van der Waals surface area (Å²) in [5.41, 5.74) is 3.42. The fourth-order valence-electron chi connectivity index (χ4n) is 6.53. The highest BCUT2D eigenvalue weighted by atomic mass is 16.5. The lowest BCUT2D eigenvalue weighted by molar-refractivity contribution is -0.116. The number of benzene rings is 1. The van der Waals surface area contributed by atoms with Crippen LogP contribution in [0.25, 0.3) is 0 Å². The SMILES string of the molecule is COc1cc(CNC2=CC(=O)C(C[C@]3(C)[C@@H](C)CC[C@]4(C)C(C)=CCC[C@@H]34)=CC2=O)ccc1O. The number of rotatable bonds is 6. The van der Waals surface area contributed by atoms with Crippen molar-refractivity contribution >= 4 is 11.6 Å². The molecule has 5 heteroatoms. The number of fused-ring (bicyclic) bond motifs is 1. The molecular formula is C29H37NO4. The molecule has 182 valence electrons. The highest BCUT2D eigenvalue weighted by Crippen LogP contribution is 2.62. The van der Waals surface area contributed by atoms with E-state index in [9.17, 15) is 14.7 Å². The smallest absolute Gasteiger partial charge is 0.202 e. The van der Waals surface area contributed by atoms with Gasteiger partial charge in [0.1, 0.15) is 0 Å². The summed E-state index contributed by atoms with van der Waals surface area (Å²) in [7, 11) is 1.49. The number of ether oxygens (including phenoxy) is 1. The predicted molar refractivity (Wildman–Crippen MR) is 133 cm³/mol. The molecule has 4 atom stereocenters. The van der Waals surface area contributed by atoms with Gasteiger partial charge in [0.15, 0.2) is 17.3 Å². The minimum absolute atomic E-state index is 0.0222. The van der Waals surface area contributed by atoms with Crippen LogP contribution in [-0.4, -0.2) is 23.8 Å². The maximum atomic E-state index is 13.1. The average Bonchev–Trinajstić information content (AvgIpc) is 2.80. The van der Waals surface area contributed by atoms with Gasteiger partial charge in [0, 0.05) is 18.2 Å². The molecule has 1 saturated carbocycles. The van der Waals surface area contributed by atoms with Gasteiger partial charge < -0.3 is 15.2 Å². The third kappa shape index (κ3) is 4.21. The molecule has 0 aliphatic heterocycles. The van der Waals surface area contributed by atoms with Crippen molar-refractivity contribution in [1.29, 1.82) is 0 Å². The number of allylic oxidation sites excluding steroid dienone is 5. The summed E-state index contributed by atoms with van der Waals surface area (Å²) >= 11 is 0. The number of aromatic hydroxyl groups is 1. The first-order valence-corrected chi connectivity index (χ1v) is 12.4. The lowest BCUT2D eigenvalue weighted by atomic mass is 9.46. The average molecular weight is 464 g/mol. The van der Waals surface area contributed by atoms with Crippen molar-refractivity contribution in [3.63, 3.8) is 0 Å². The number of methoxy groups -OCH3 is 1. The van der Waals surface area contributed by atoms with E-state index < -0.39 is 0 Å². The lowest BCUT2D eigenvalue weighted by Gasteiger charge is -2.58. The number of hydrogen-bond acceptors (Lipinski definition) is 5. The lowest BCUT2D eigenvalue weighted by Crippen LogP contribution is -2.50. The first-order chi connectivity index (χ1) is 16.1. The number of nitrogens with one attached hydrogen (secondary N) is 1. The number of hydrogen-bond donors (Lipinski definition) is 2. The molecular weight excluding hydrogens is 426 g/mol. The van der Waals surface area contributed by atoms with E-state index in [4.69, 9.17) is 4.74 Å². The Balaban J connectivity index is 1.49. The summed E-state index contributed by atoms with van der Waals surface area (Å²) in [5.74, 6) is 1.20. The minimum Gasteiger partial charge on any atom is -0.504 e. The van der Waals surface area contributed by atoms with Gasteiger partial charge in [-0.2, -0.15) is 0 Å². The second kappa shape index (κ2) is 9.09. The summed E-state index contributed by atoms with van der Waals surface area (Å²) in [6.07, 6.45) is 10.6. The van der Waals surface area contributed by atoms with Crippen LogP contribution in [0.2, 0.25) is 0 Å². The summed E-state index contributed by atoms with van der Waals surface area (Å²) in [5, 5.41) is 12.9. The Hall–Kier alpha value is -2.82. The first-order valence-electron chi connectivity index (χ1n) is 12.4. The van der Waals surface area contributed by atoms with E-state index in [0.29, 0.717) is 41.8 Å². The van der Waals surface area contributed by atoms with Gasteiger partial charge in [0.05, 0.1) is 12.8 Å². The van der Waals surface area contributed by atoms with Gasteiger partial charge >= 0.3 is 0 Å². The van der Waals surface area contributed by atoms with Crippen LogP contribution in [-0.2, 0) is 16.1 Å². The molecule has 3 aliphatic carbocycles. The number of phenolic OH excluding ortho intramolecular Hbond substituents is 1. The quantitative estimate of drug-likeness (QED) is 0.422. The summed E-state index contributed by atoms with van der Waals surface area (Å²) in [4.78, 5) is 26.1. The molecule has 3 aliphatic rings. The van der Waals surface area contributed by atoms with E-state index >= 15 is 0 Å². The first kappa shape index (κ1) is 24.3. The molecule has 0 radical (unpaired) electrons. The number of phenols is 1. The number of carbonyl (C=O) groups excluding carboxylic acids is 2. The zero-order valence-electron chi connectivity index (χ0n) is 21.0. The second-order valence-electron chi connectivity index (χ2n) is 10.9. The molecule has 0 heterocycles. The van der Waals surface area contributed by atoms with Gasteiger partial charge in [0.2, 0.25) is 5.78 Å². The Morgan fingerprint density at radius 1 is 1.15 bits per heavy atom. The molecule has 0 bridgehead atoms. The van der Waals surface area contributed by atoms with Crippen LogP contribution in [0.3, 0.4) is 0 Å². The summed E-state index contributed by atoms with van der Waals surface area (Å²) in [6.45, 7) is 9.67. The van der Waals surface area contributed by atoms with Crippen LogP contribution < -0.4 is 10.1 Å². The van der Waals surface area contributed by atoms with E-state index in [1.807, 2.05) is 0 Å². The van der Waals surface area contributed by atoms with Crippen molar-refractivity contribution in [3.05, 3.63) is 58.8 Å². The summed E-state index contributed by atoms with van der Waals surface area (Å²) in [6, 6.07) is 5.02. The second-order valence-corrected chi connectivity index (χ2v) is 10.9. The molecule has 0 unspecified atom stereocenters. The van der Waals surface area contributed by atoms with E-state index in [1.165, 1.54) is 25.2 Å². The number of carbonyl (C=O) groups is 2. The zero-order valence-corrected chi connectivity index (χ0v) is 21.0. The van der Waals surface area contributed by atoms with Crippen molar-refractivity contribution < 1.29 is 19.4 Å². The van der Waals surface area contributed by atoms with E-state index in [0.717, 1.165) is 24.8 Å². The van der Waals surface area contributed by atoms with Crippen LogP contribution in [0.15, 0.2) is 53.3 Å². The van der Waals surface area contributed by atoms with Crippen molar-refractivity contribution in [2.45, 2.75) is 66.3 Å². The molecule has 0 aromatic heterocycles. The van der Waals surface area contributed by atoms with Gasteiger partial charge in [0.25, 0.3) is 0 Å². The minimum atomic E-state index is -0.158. The van der Waals surface area contributed by atoms with Gasteiger partial charge in [-0.1, -0.05) is 38.5 Å². The zero-order chi connectivity index (χ0) is 24.7. The largest absolute Gasteiger partial charge is 0.504 e. The van der Waals surface area contributed by atoms with Crippen LogP contribution in [0.4, 0.5) is 0 Å². The van der Waals surface area contributed by atoms with E-state index in [-0.39, 0.29) is 28.1 Å². The maximum Gasteiger partial charge on any atom is 0.202 e. The Bertz CT molecular complexity index is 1100. The molecule has 1 aromatic carbocycles. The predicted octanol–water partition coefficient (Wildman–Crippen LogP) is 5.64. The van der Waals surface area contributed by atoms with Crippen molar-refractivity contribution in [1.82, 2.24) is 5.32 Å². The molecule has 2 N–H and O–H groups in total. The van der Waals surface area contributed by atoms with Gasteiger partial charge in [-0.05, 0) is 85.5 Å². The van der Waals surface area contributed by atoms with Crippen LogP contribution in [0.5, 0.6) is 11.5 Å². The van der Waals surface area contributed by atoms with Crippen LogP contribution in [0, 0.1) is 22.7 Å². The highest BCUT2D eigenvalue weighted by Gasteiger charge is 2.53. The molecule has 5 nitrogen and oxygen atoms in total. The third-order valence-corrected chi connectivity index (χ3v) is 9.06. The third-order valence-electron chi connectivity index (χ3n) is 9.06. The van der Waals surface area contributed by atoms with Gasteiger partial charge in [-0.3, -0.25) is 9.59 Å². The maximum absolute atomic E-state index is 13.1. The van der Waals surface area contributed by atoms with Crippen molar-refractivity contribution in [2.75, 3.05) is 7.11 Å². The molecule has 1 fully saturated rings. The molecule has 0 amide bonds. The molecule has 0 spiro atoms. The summed E-state index contributed by atoms with van der Waals surface area (Å²) < 4.78 is 5.14. The van der Waals surface area contributed by atoms with Gasteiger partial charge in [-0.25, -0.2) is 0 Å². The van der Waals surface area contributed by atoms with E-state index in [2.05, 4.69) is 39.1 Å². The van der Waals surface area contributed by atoms with Crippen molar-refractivity contribution in [3.8, 4) is 11.5 Å². The van der Waals surface area contributed by atoms with Crippen LogP contribution >= 0.6 is 0 Å². The Kier molecular flexibility index (Phi) is 6.50. The highest BCUT2D eigenvalue weighted by molar-refractivity contribution is 6.19.